The van der Waals surface area contributed by atoms with Crippen molar-refractivity contribution in [1.29, 1.82) is 0 Å². The number of rotatable bonds is 10. The largest absolute Gasteiger partial charge is 0.416 e. The molecule has 1 aromatic rings. The average Bonchev–Trinajstić information content (AvgIpc) is 2.78. The zero-order chi connectivity index (χ0) is 22.2. The van der Waals surface area contributed by atoms with Crippen LogP contribution >= 0.6 is 0 Å². The number of hydrogen-bond acceptors (Lipinski definition) is 0. The molecule has 1 aromatic carbocycles. The number of halogens is 3. The first-order chi connectivity index (χ1) is 14.9. The van der Waals surface area contributed by atoms with Crippen LogP contribution < -0.4 is 0 Å². The zero-order valence-electron chi connectivity index (χ0n) is 19.7. The first-order valence-corrected chi connectivity index (χ1v) is 13.1. The Kier molecular flexibility index (Phi) is 8.93. The van der Waals surface area contributed by atoms with Gasteiger partial charge in [0.1, 0.15) is 0 Å². The van der Waals surface area contributed by atoms with E-state index < -0.39 is 11.7 Å². The Bertz CT molecular complexity index is 631. The van der Waals surface area contributed by atoms with Crippen molar-refractivity contribution < 1.29 is 13.2 Å². The van der Waals surface area contributed by atoms with Gasteiger partial charge >= 0.3 is 6.18 Å². The summed E-state index contributed by atoms with van der Waals surface area (Å²) in [7, 11) is 0. The minimum Gasteiger partial charge on any atom is -0.166 e. The second kappa shape index (κ2) is 11.2. The molecule has 0 heterocycles. The standard InChI is InChI=1S/C28H43F3/c1-2-3-6-17-26(18-7-4-8-19-26)20-11-12-23-27(21-9-5-10-22-27)24-13-15-25(16-14-24)28(29,30)31/h13-16H,2-12,17-23H2,1H3. The van der Waals surface area contributed by atoms with Crippen LogP contribution in [0.25, 0.3) is 0 Å². The normalized spacial score (nSPS) is 21.2. The van der Waals surface area contributed by atoms with Crippen molar-refractivity contribution in [2.45, 2.75) is 134 Å². The Labute approximate surface area is 188 Å². The van der Waals surface area contributed by atoms with Crippen LogP contribution in [-0.4, -0.2) is 0 Å². The van der Waals surface area contributed by atoms with Gasteiger partial charge < -0.3 is 0 Å². The maximum absolute atomic E-state index is 13.0. The van der Waals surface area contributed by atoms with Gasteiger partial charge in [-0.3, -0.25) is 0 Å². The molecule has 3 rings (SSSR count). The summed E-state index contributed by atoms with van der Waals surface area (Å²) in [5.41, 5.74) is 1.32. The van der Waals surface area contributed by atoms with Crippen LogP contribution in [0.5, 0.6) is 0 Å². The van der Waals surface area contributed by atoms with Gasteiger partial charge in [0.15, 0.2) is 0 Å². The molecule has 0 unspecified atom stereocenters. The summed E-state index contributed by atoms with van der Waals surface area (Å²) in [6.45, 7) is 2.29. The molecule has 0 amide bonds. The molecule has 2 saturated carbocycles. The van der Waals surface area contributed by atoms with E-state index in [-0.39, 0.29) is 5.41 Å². The highest BCUT2D eigenvalue weighted by atomic mass is 19.4. The molecule has 31 heavy (non-hydrogen) atoms. The van der Waals surface area contributed by atoms with Gasteiger partial charge in [0.25, 0.3) is 0 Å². The predicted octanol–water partition coefficient (Wildman–Crippen LogP) is 10.00. The molecule has 2 aliphatic carbocycles. The van der Waals surface area contributed by atoms with Gasteiger partial charge in [-0.25, -0.2) is 0 Å². The van der Waals surface area contributed by atoms with Gasteiger partial charge in [0, 0.05) is 0 Å². The summed E-state index contributed by atoms with van der Waals surface area (Å²) in [4.78, 5) is 0. The quantitative estimate of drug-likeness (QED) is 0.320. The lowest BCUT2D eigenvalue weighted by molar-refractivity contribution is -0.137. The number of alkyl halides is 3. The van der Waals surface area contributed by atoms with Crippen LogP contribution in [0.4, 0.5) is 13.2 Å². The van der Waals surface area contributed by atoms with Crippen molar-refractivity contribution >= 4 is 0 Å². The molecule has 0 nitrogen and oxygen atoms in total. The third-order valence-corrected chi connectivity index (χ3v) is 8.47. The van der Waals surface area contributed by atoms with E-state index in [4.69, 9.17) is 0 Å². The van der Waals surface area contributed by atoms with Crippen molar-refractivity contribution in [3.8, 4) is 0 Å². The van der Waals surface area contributed by atoms with E-state index in [9.17, 15) is 13.2 Å². The topological polar surface area (TPSA) is 0 Å². The van der Waals surface area contributed by atoms with Crippen LogP contribution in [0.3, 0.4) is 0 Å². The van der Waals surface area contributed by atoms with E-state index in [0.29, 0.717) is 5.41 Å². The van der Waals surface area contributed by atoms with Gasteiger partial charge in [-0.2, -0.15) is 13.2 Å². The summed E-state index contributed by atoms with van der Waals surface area (Å²) in [5, 5.41) is 0. The molecule has 0 saturated heterocycles. The molecule has 0 atom stereocenters. The van der Waals surface area contributed by atoms with Crippen LogP contribution in [0, 0.1) is 5.41 Å². The van der Waals surface area contributed by atoms with Gasteiger partial charge in [-0.15, -0.1) is 0 Å². The third-order valence-electron chi connectivity index (χ3n) is 8.47. The minimum absolute atomic E-state index is 0.102. The molecule has 0 bridgehead atoms. The molecular formula is C28H43F3. The first-order valence-electron chi connectivity index (χ1n) is 13.1. The van der Waals surface area contributed by atoms with Gasteiger partial charge in [-0.05, 0) is 73.5 Å². The van der Waals surface area contributed by atoms with Crippen molar-refractivity contribution in [1.82, 2.24) is 0 Å². The average molecular weight is 437 g/mol. The lowest BCUT2D eigenvalue weighted by atomic mass is 9.65. The summed E-state index contributed by atoms with van der Waals surface area (Å²) in [5.74, 6) is 0. The predicted molar refractivity (Wildman–Crippen MR) is 124 cm³/mol. The minimum atomic E-state index is -4.25. The lowest BCUT2D eigenvalue weighted by Crippen LogP contribution is -2.29. The van der Waals surface area contributed by atoms with E-state index in [1.807, 2.05) is 0 Å². The number of benzene rings is 1. The van der Waals surface area contributed by atoms with E-state index >= 15 is 0 Å². The second-order valence-electron chi connectivity index (χ2n) is 10.6. The molecule has 0 spiro atoms. The summed E-state index contributed by atoms with van der Waals surface area (Å²) < 4.78 is 39.1. The van der Waals surface area contributed by atoms with Crippen LogP contribution in [-0.2, 0) is 11.6 Å². The fourth-order valence-electron chi connectivity index (χ4n) is 6.56. The van der Waals surface area contributed by atoms with Crippen molar-refractivity contribution in [3.63, 3.8) is 0 Å². The Morgan fingerprint density at radius 2 is 1.19 bits per heavy atom. The summed E-state index contributed by atoms with van der Waals surface area (Å²) in [6.07, 6.45) is 19.2. The fourth-order valence-corrected chi connectivity index (χ4v) is 6.56. The Morgan fingerprint density at radius 1 is 0.677 bits per heavy atom. The van der Waals surface area contributed by atoms with Crippen LogP contribution in [0.2, 0.25) is 0 Å². The molecular weight excluding hydrogens is 393 g/mol. The second-order valence-corrected chi connectivity index (χ2v) is 10.6. The molecule has 0 radical (unpaired) electrons. The van der Waals surface area contributed by atoms with E-state index in [2.05, 4.69) is 6.92 Å². The highest BCUT2D eigenvalue weighted by Crippen LogP contribution is 2.47. The molecule has 176 valence electrons. The number of unbranched alkanes of at least 4 members (excludes halogenated alkanes) is 3. The SMILES string of the molecule is CCCCCC1(CCCCC2(c3ccc(C(F)(F)F)cc3)CCCCC2)CCCCC1. The fraction of sp³-hybridized carbons (Fsp3) is 0.786. The molecule has 3 heteroatoms. The molecule has 0 N–H and O–H groups in total. The Balaban J connectivity index is 1.61. The smallest absolute Gasteiger partial charge is 0.166 e. The van der Waals surface area contributed by atoms with Crippen molar-refractivity contribution in [3.05, 3.63) is 35.4 Å². The highest BCUT2D eigenvalue weighted by Gasteiger charge is 2.36. The summed E-state index contributed by atoms with van der Waals surface area (Å²) in [6, 6.07) is 6.16. The molecule has 0 aromatic heterocycles. The highest BCUT2D eigenvalue weighted by molar-refractivity contribution is 5.31. The molecule has 2 fully saturated rings. The van der Waals surface area contributed by atoms with Crippen LogP contribution in [0.1, 0.15) is 134 Å². The summed E-state index contributed by atoms with van der Waals surface area (Å²) >= 11 is 0. The van der Waals surface area contributed by atoms with Crippen molar-refractivity contribution in [2.75, 3.05) is 0 Å². The van der Waals surface area contributed by atoms with Gasteiger partial charge in [0.05, 0.1) is 5.56 Å². The van der Waals surface area contributed by atoms with Gasteiger partial charge in [-0.1, -0.05) is 89.7 Å². The monoisotopic (exact) mass is 436 g/mol. The van der Waals surface area contributed by atoms with E-state index in [0.717, 1.165) is 24.8 Å². The maximum atomic E-state index is 13.0. The number of hydrogen-bond donors (Lipinski definition) is 0. The Hall–Kier alpha value is -0.990. The maximum Gasteiger partial charge on any atom is 0.416 e. The van der Waals surface area contributed by atoms with Crippen molar-refractivity contribution in [2.24, 2.45) is 5.41 Å². The molecule has 2 aliphatic rings. The Morgan fingerprint density at radius 3 is 1.74 bits per heavy atom. The van der Waals surface area contributed by atoms with E-state index in [1.165, 1.54) is 108 Å². The van der Waals surface area contributed by atoms with E-state index in [1.54, 1.807) is 12.1 Å². The van der Waals surface area contributed by atoms with Gasteiger partial charge in [0.2, 0.25) is 0 Å². The zero-order valence-corrected chi connectivity index (χ0v) is 19.7. The van der Waals surface area contributed by atoms with Crippen LogP contribution in [0.15, 0.2) is 24.3 Å². The first kappa shape index (κ1) is 24.6. The molecule has 0 aliphatic heterocycles. The third kappa shape index (κ3) is 6.75. The lowest BCUT2D eigenvalue weighted by Gasteiger charge is -2.40.